The van der Waals surface area contributed by atoms with Crippen LogP contribution in [0, 0.1) is 29.2 Å². The molecule has 5 aliphatic heterocycles. The molecule has 25 nitrogen and oxygen atoms in total. The molecule has 1 fully saturated rings. The summed E-state index contributed by atoms with van der Waals surface area (Å²) in [6, 6.07) is 28.1. The number of esters is 4. The number of carbonyl (C=O) groups is 9. The summed E-state index contributed by atoms with van der Waals surface area (Å²) in [5.41, 5.74) is -1.22. The van der Waals surface area contributed by atoms with E-state index in [1.807, 2.05) is 0 Å². The standard InChI is InChI=1S/C46H58N3O10P.C38H40N2O10/c1-13-14-30(27-55-60(54-22-21-47-12)49(28(2)3)29(4)5)26-48-40(50)31-15-18-34-37(23-31)46(59-41(34)51)35-19-16-32(56-42(52)44(6,7)8)24-38(35)58-39-25-33(17-20-36(39)46)57-43(53)45(9,10)11;1-2-3-4-5-6-7-8-9-10-24(36(46)50-40-33(43)17-18-34(40)44)22-39-35(45)23-11-14-27-30(19-23)38(49-37(27)47)28-15-12-25(41)20-31(28)48-32-21-26(42)13-16-29(32)38/h15-20,23-25,28-30H,13-14,21-22,26-27H2,1-11H3,(H,48,50);11-16,19-21,24,41-42H,2-10,17-18,22H2,1H3,(H,39,45). The van der Waals surface area contributed by atoms with Gasteiger partial charge in [0.2, 0.25) is 6.54 Å². The molecule has 1 saturated heterocycles. The molecule has 5 aliphatic rings. The number of carbonyl (C=O) groups excluding carboxylic acids is 9. The SMILES string of the molecule is CCCCCCCCCCC(CNC(=O)c1ccc2c(c1)C1(OC2=O)c2ccc(O)cc2Oc2cc(O)ccc21)C(=O)ON1C(=O)CCC1=O.[C-]#[N+]CCOP(OCC(CCC)CNC(=O)c1ccc2c(c1)C1(OC2=O)c2ccc(OC(=O)C(C)(C)C)cc2Oc2cc(OC(=O)C(C)(C)C)ccc21)N(C(C)C)C(C)C. The fraction of sp³-hybridized carbons (Fsp3) is 0.452. The highest BCUT2D eigenvalue weighted by molar-refractivity contribution is 7.44. The average Bonchev–Trinajstić information content (AvgIpc) is 1.51. The molecular formula is C84H98N5O20P. The third-order valence-corrected chi connectivity index (χ3v) is 21.5. The van der Waals surface area contributed by atoms with E-state index in [1.54, 1.807) is 114 Å². The molecule has 110 heavy (non-hydrogen) atoms. The van der Waals surface area contributed by atoms with Crippen LogP contribution in [0.15, 0.2) is 109 Å². The molecule has 0 radical (unpaired) electrons. The van der Waals surface area contributed by atoms with Crippen molar-refractivity contribution >= 4 is 62.0 Å². The van der Waals surface area contributed by atoms with Crippen LogP contribution < -0.4 is 29.6 Å². The Morgan fingerprint density at radius 2 is 1.01 bits per heavy atom. The monoisotopic (exact) mass is 1530 g/mol. The Kier molecular flexibility index (Phi) is 26.3. The molecule has 4 amide bonds. The highest BCUT2D eigenvalue weighted by Crippen LogP contribution is 2.59. The molecule has 0 aliphatic carbocycles. The first-order valence-electron chi connectivity index (χ1n) is 37.7. The van der Waals surface area contributed by atoms with Gasteiger partial charge in [-0.15, -0.1) is 5.06 Å². The van der Waals surface area contributed by atoms with Gasteiger partial charge in [-0.3, -0.25) is 28.8 Å². The summed E-state index contributed by atoms with van der Waals surface area (Å²) in [7, 11) is -1.44. The molecule has 584 valence electrons. The Labute approximate surface area is 642 Å². The van der Waals surface area contributed by atoms with E-state index in [9.17, 15) is 53.4 Å². The summed E-state index contributed by atoms with van der Waals surface area (Å²) in [5, 5.41) is 26.8. The Bertz CT molecular complexity index is 4380. The zero-order valence-electron chi connectivity index (χ0n) is 64.5. The maximum atomic E-state index is 14.0. The van der Waals surface area contributed by atoms with Crippen LogP contribution in [-0.4, -0.2) is 118 Å². The number of nitrogens with zero attached hydrogens (tertiary/aromatic N) is 3. The van der Waals surface area contributed by atoms with Gasteiger partial charge in [0.1, 0.15) is 52.6 Å². The van der Waals surface area contributed by atoms with Crippen molar-refractivity contribution in [1.29, 1.82) is 0 Å². The van der Waals surface area contributed by atoms with Crippen LogP contribution in [0.4, 0.5) is 0 Å². The zero-order valence-corrected chi connectivity index (χ0v) is 65.4. The first-order chi connectivity index (χ1) is 52.3. The molecule has 5 heterocycles. The highest BCUT2D eigenvalue weighted by atomic mass is 31.2. The lowest BCUT2D eigenvalue weighted by Crippen LogP contribution is -2.39. The molecular weight excluding hydrogens is 1430 g/mol. The largest absolute Gasteiger partial charge is 0.508 e. The van der Waals surface area contributed by atoms with E-state index in [1.165, 1.54) is 55.7 Å². The minimum atomic E-state index is -1.58. The summed E-state index contributed by atoms with van der Waals surface area (Å²) in [6.45, 7) is 31.3. The molecule has 6 aromatic rings. The molecule has 3 atom stereocenters. The van der Waals surface area contributed by atoms with E-state index >= 15 is 0 Å². The maximum Gasteiger partial charge on any atom is 0.340 e. The minimum Gasteiger partial charge on any atom is -0.508 e. The van der Waals surface area contributed by atoms with E-state index in [4.69, 9.17) is 48.9 Å². The van der Waals surface area contributed by atoms with E-state index in [2.05, 4.69) is 61.7 Å². The van der Waals surface area contributed by atoms with Crippen LogP contribution in [-0.2, 0) is 58.5 Å². The number of hydroxylamine groups is 2. The quantitative estimate of drug-likeness (QED) is 0.00813. The van der Waals surface area contributed by atoms with Gasteiger partial charge in [-0.25, -0.2) is 25.6 Å². The summed E-state index contributed by atoms with van der Waals surface area (Å²) in [5.74, 6) is -4.65. The predicted octanol–water partition coefficient (Wildman–Crippen LogP) is 15.8. The third kappa shape index (κ3) is 18.3. The number of fused-ring (bicyclic) bond motifs is 12. The van der Waals surface area contributed by atoms with Crippen molar-refractivity contribution in [1.82, 2.24) is 20.4 Å². The Morgan fingerprint density at radius 3 is 1.45 bits per heavy atom. The summed E-state index contributed by atoms with van der Waals surface area (Å²) in [6.07, 6.45) is 10.4. The number of rotatable bonds is 30. The minimum absolute atomic E-state index is 0.0268. The van der Waals surface area contributed by atoms with Gasteiger partial charge in [-0.1, -0.05) is 71.6 Å². The van der Waals surface area contributed by atoms with Crippen molar-refractivity contribution in [2.45, 2.75) is 190 Å². The Hall–Kier alpha value is -10.3. The summed E-state index contributed by atoms with van der Waals surface area (Å²) >= 11 is 0. The maximum absolute atomic E-state index is 14.0. The second-order valence-electron chi connectivity index (χ2n) is 30.7. The van der Waals surface area contributed by atoms with Gasteiger partial charge in [-0.2, -0.15) is 0 Å². The number of imide groups is 1. The second kappa shape index (κ2) is 35.2. The molecule has 2 spiro atoms. The number of phenolic OH excluding ortho intramolecular Hbond substituents is 2. The molecule has 0 saturated carbocycles. The van der Waals surface area contributed by atoms with Crippen molar-refractivity contribution in [3.63, 3.8) is 0 Å². The number of hydrogen-bond donors (Lipinski definition) is 4. The number of hydrogen-bond acceptors (Lipinski definition) is 21. The van der Waals surface area contributed by atoms with E-state index in [-0.39, 0.29) is 119 Å². The van der Waals surface area contributed by atoms with Gasteiger partial charge in [0.25, 0.3) is 32.2 Å². The molecule has 11 rings (SSSR count). The van der Waals surface area contributed by atoms with Crippen LogP contribution in [0.25, 0.3) is 4.85 Å². The topological polar surface area (TPSA) is 312 Å². The smallest absolute Gasteiger partial charge is 0.340 e. The van der Waals surface area contributed by atoms with E-state index in [0.29, 0.717) is 70.0 Å². The average molecular weight is 1530 g/mol. The lowest BCUT2D eigenvalue weighted by Gasteiger charge is -2.37. The summed E-state index contributed by atoms with van der Waals surface area (Å²) < 4.78 is 51.0. The number of phenols is 2. The van der Waals surface area contributed by atoms with Crippen molar-refractivity contribution < 1.29 is 95.7 Å². The number of aromatic hydroxyl groups is 2. The number of nitrogens with one attached hydrogen (secondary N) is 2. The van der Waals surface area contributed by atoms with Gasteiger partial charge < -0.3 is 68.0 Å². The van der Waals surface area contributed by atoms with E-state index < -0.39 is 84.0 Å². The van der Waals surface area contributed by atoms with Gasteiger partial charge in [0, 0.05) is 113 Å². The van der Waals surface area contributed by atoms with Crippen molar-refractivity contribution in [2.24, 2.45) is 22.7 Å². The molecule has 0 bridgehead atoms. The van der Waals surface area contributed by atoms with Crippen molar-refractivity contribution in [2.75, 3.05) is 32.8 Å². The van der Waals surface area contributed by atoms with Crippen LogP contribution in [0.1, 0.15) is 241 Å². The first kappa shape index (κ1) is 82.2. The predicted molar refractivity (Wildman–Crippen MR) is 406 cm³/mol. The molecule has 6 aromatic carbocycles. The number of unbranched alkanes of at least 4 members (excludes halogenated alkanes) is 7. The van der Waals surface area contributed by atoms with Gasteiger partial charge >= 0.3 is 29.8 Å². The lowest BCUT2D eigenvalue weighted by molar-refractivity contribution is -0.200. The first-order valence-corrected chi connectivity index (χ1v) is 38.8. The van der Waals surface area contributed by atoms with Crippen LogP contribution in [0.3, 0.4) is 0 Å². The molecule has 4 N–H and O–H groups in total. The fourth-order valence-corrected chi connectivity index (χ4v) is 15.4. The highest BCUT2D eigenvalue weighted by Gasteiger charge is 2.56. The van der Waals surface area contributed by atoms with Crippen molar-refractivity contribution in [3.8, 4) is 46.0 Å². The Morgan fingerprint density at radius 1 is 0.564 bits per heavy atom. The van der Waals surface area contributed by atoms with Crippen LogP contribution in [0.2, 0.25) is 0 Å². The number of ether oxygens (including phenoxy) is 6. The Balaban J connectivity index is 0.000000238. The normalized spacial score (nSPS) is 15.5. The fourth-order valence-electron chi connectivity index (χ4n) is 13.7. The van der Waals surface area contributed by atoms with E-state index in [0.717, 1.165) is 38.5 Å². The lowest BCUT2D eigenvalue weighted by atomic mass is 9.77. The molecule has 3 unspecified atom stereocenters. The van der Waals surface area contributed by atoms with Gasteiger partial charge in [0.15, 0.2) is 11.2 Å². The molecule has 26 heteroatoms. The summed E-state index contributed by atoms with van der Waals surface area (Å²) in [4.78, 5) is 127. The van der Waals surface area contributed by atoms with Crippen LogP contribution in [0.5, 0.6) is 46.0 Å². The third-order valence-electron chi connectivity index (χ3n) is 19.4. The zero-order chi connectivity index (χ0) is 79.6. The number of benzene rings is 6. The van der Waals surface area contributed by atoms with Crippen LogP contribution >= 0.6 is 8.53 Å². The second-order valence-corrected chi connectivity index (χ2v) is 32.1. The van der Waals surface area contributed by atoms with Gasteiger partial charge in [-0.05, 0) is 167 Å². The van der Waals surface area contributed by atoms with Crippen molar-refractivity contribution in [3.05, 3.63) is 176 Å². The molecule has 0 aromatic heterocycles. The number of amides is 4. The van der Waals surface area contributed by atoms with Gasteiger partial charge in [0.05, 0.1) is 34.5 Å².